The number of piperazine rings is 1. The smallest absolute Gasteiger partial charge is 0.119 e. The summed E-state index contributed by atoms with van der Waals surface area (Å²) >= 11 is 0. The number of aliphatic hydroxyl groups excluding tert-OH is 1. The average Bonchev–Trinajstić information content (AvgIpc) is 3.25. The maximum absolute atomic E-state index is 10.4. The van der Waals surface area contributed by atoms with Crippen molar-refractivity contribution in [2.24, 2.45) is 0 Å². The van der Waals surface area contributed by atoms with Gasteiger partial charge in [-0.05, 0) is 56.6 Å². The van der Waals surface area contributed by atoms with Crippen LogP contribution in [0.3, 0.4) is 0 Å². The number of nitrogens with zero attached hydrogens (tertiary/aromatic N) is 2. The van der Waals surface area contributed by atoms with Crippen LogP contribution in [-0.4, -0.2) is 66.4 Å². The fourth-order valence-electron chi connectivity index (χ4n) is 4.48. The van der Waals surface area contributed by atoms with Crippen molar-refractivity contribution in [3.8, 4) is 5.75 Å². The summed E-state index contributed by atoms with van der Waals surface area (Å²) in [6.45, 7) is 6.67. The third kappa shape index (κ3) is 5.82. The summed E-state index contributed by atoms with van der Waals surface area (Å²) in [6.07, 6.45) is 2.06. The fourth-order valence-corrected chi connectivity index (χ4v) is 4.48. The molecule has 2 aliphatic rings. The van der Waals surface area contributed by atoms with E-state index in [1.807, 2.05) is 31.2 Å². The summed E-state index contributed by atoms with van der Waals surface area (Å²) in [7, 11) is 2.08. The Bertz CT molecular complexity index is 764. The summed E-state index contributed by atoms with van der Waals surface area (Å²) in [6, 6.07) is 13.4. The molecule has 6 heteroatoms. The lowest BCUT2D eigenvalue weighted by Gasteiger charge is -2.33. The lowest BCUT2D eigenvalue weighted by molar-refractivity contribution is 0.0567. The van der Waals surface area contributed by atoms with Crippen LogP contribution in [0.1, 0.15) is 29.9 Å². The minimum absolute atomic E-state index is 0.330. The summed E-state index contributed by atoms with van der Waals surface area (Å²) in [5.74, 6) is 2.73. The van der Waals surface area contributed by atoms with Crippen LogP contribution in [0, 0.1) is 6.92 Å². The molecule has 2 aliphatic heterocycles. The molecule has 2 fully saturated rings. The van der Waals surface area contributed by atoms with Crippen molar-refractivity contribution in [1.29, 1.82) is 0 Å². The van der Waals surface area contributed by atoms with Crippen LogP contribution in [0.4, 0.5) is 0 Å². The number of furan rings is 1. The van der Waals surface area contributed by atoms with E-state index >= 15 is 0 Å². The van der Waals surface area contributed by atoms with Crippen LogP contribution in [0.25, 0.3) is 0 Å². The van der Waals surface area contributed by atoms with Gasteiger partial charge in [0.1, 0.15) is 30.0 Å². The van der Waals surface area contributed by atoms with Crippen molar-refractivity contribution < 1.29 is 14.3 Å². The van der Waals surface area contributed by atoms with E-state index < -0.39 is 6.10 Å². The number of hydrogen-bond acceptors (Lipinski definition) is 6. The molecule has 1 unspecified atom stereocenters. The molecule has 158 valence electrons. The van der Waals surface area contributed by atoms with Gasteiger partial charge in [-0.2, -0.15) is 0 Å². The summed E-state index contributed by atoms with van der Waals surface area (Å²) in [5.41, 5.74) is 1.22. The lowest BCUT2D eigenvalue weighted by atomic mass is 10.2. The molecule has 3 atom stereocenters. The minimum atomic E-state index is -0.463. The van der Waals surface area contributed by atoms with Crippen LogP contribution in [-0.2, 0) is 13.1 Å². The van der Waals surface area contributed by atoms with Crippen LogP contribution in [0.2, 0.25) is 0 Å². The predicted molar refractivity (Wildman–Crippen MR) is 113 cm³/mol. The van der Waals surface area contributed by atoms with E-state index in [1.54, 1.807) is 0 Å². The molecule has 0 saturated carbocycles. The Labute approximate surface area is 173 Å². The van der Waals surface area contributed by atoms with Gasteiger partial charge in [0.15, 0.2) is 0 Å². The molecule has 29 heavy (non-hydrogen) atoms. The fraction of sp³-hybridized carbons (Fsp3) is 0.565. The van der Waals surface area contributed by atoms with Gasteiger partial charge in [-0.1, -0.05) is 12.1 Å². The average molecular weight is 400 g/mol. The third-order valence-corrected chi connectivity index (χ3v) is 5.80. The van der Waals surface area contributed by atoms with E-state index in [9.17, 15) is 5.11 Å². The van der Waals surface area contributed by atoms with E-state index in [-0.39, 0.29) is 0 Å². The number of β-amino-alcohol motifs (C(OH)–C–C–N with tert-alkyl or cyclic N) is 1. The van der Waals surface area contributed by atoms with Crippen LogP contribution in [0.5, 0.6) is 5.75 Å². The van der Waals surface area contributed by atoms with Gasteiger partial charge in [0.2, 0.25) is 0 Å². The number of rotatable bonds is 9. The van der Waals surface area contributed by atoms with Gasteiger partial charge in [-0.25, -0.2) is 0 Å². The van der Waals surface area contributed by atoms with Crippen molar-refractivity contribution in [3.63, 3.8) is 0 Å². The minimum Gasteiger partial charge on any atom is -0.491 e. The van der Waals surface area contributed by atoms with Gasteiger partial charge in [-0.15, -0.1) is 0 Å². The van der Waals surface area contributed by atoms with Crippen molar-refractivity contribution in [1.82, 2.24) is 15.1 Å². The highest BCUT2D eigenvalue weighted by Gasteiger charge is 2.32. The molecule has 0 aliphatic carbocycles. The van der Waals surface area contributed by atoms with Crippen molar-refractivity contribution in [3.05, 3.63) is 53.5 Å². The Morgan fingerprint density at radius 3 is 2.52 bits per heavy atom. The topological polar surface area (TPSA) is 61.1 Å². The quantitative estimate of drug-likeness (QED) is 0.675. The molecule has 0 amide bonds. The highest BCUT2D eigenvalue weighted by Crippen LogP contribution is 2.20. The second-order valence-electron chi connectivity index (χ2n) is 8.65. The number of fused-ring (bicyclic) bond motifs is 2. The van der Waals surface area contributed by atoms with Crippen molar-refractivity contribution >= 4 is 0 Å². The molecular formula is C23H33N3O3. The Morgan fingerprint density at radius 1 is 1.14 bits per heavy atom. The van der Waals surface area contributed by atoms with E-state index in [0.717, 1.165) is 43.4 Å². The Balaban J connectivity index is 1.19. The van der Waals surface area contributed by atoms with Gasteiger partial charge in [0.25, 0.3) is 0 Å². The molecule has 0 radical (unpaired) electrons. The first-order valence-corrected chi connectivity index (χ1v) is 10.7. The zero-order chi connectivity index (χ0) is 20.2. The molecule has 4 rings (SSSR count). The molecule has 1 aromatic carbocycles. The van der Waals surface area contributed by atoms with Gasteiger partial charge < -0.3 is 19.6 Å². The second kappa shape index (κ2) is 9.30. The predicted octanol–water partition coefficient (Wildman–Crippen LogP) is 2.40. The first kappa shape index (κ1) is 20.4. The molecular weight excluding hydrogens is 366 g/mol. The normalized spacial score (nSPS) is 22.9. The molecule has 0 spiro atoms. The molecule has 6 nitrogen and oxygen atoms in total. The summed E-state index contributed by atoms with van der Waals surface area (Å²) in [5, 5.41) is 14.0. The first-order valence-electron chi connectivity index (χ1n) is 10.7. The maximum atomic E-state index is 10.4. The van der Waals surface area contributed by atoms with E-state index in [1.165, 1.54) is 18.4 Å². The van der Waals surface area contributed by atoms with Crippen molar-refractivity contribution in [2.45, 2.75) is 51.0 Å². The summed E-state index contributed by atoms with van der Waals surface area (Å²) < 4.78 is 11.5. The number of likely N-dealkylation sites (tertiary alicyclic amines) is 1. The largest absolute Gasteiger partial charge is 0.491 e. The molecule has 2 saturated heterocycles. The van der Waals surface area contributed by atoms with Gasteiger partial charge in [-0.3, -0.25) is 9.80 Å². The highest BCUT2D eigenvalue weighted by molar-refractivity contribution is 5.27. The molecule has 2 N–H and O–H groups in total. The lowest BCUT2D eigenvalue weighted by Crippen LogP contribution is -2.53. The molecule has 1 aromatic heterocycles. The van der Waals surface area contributed by atoms with Crippen molar-refractivity contribution in [2.75, 3.05) is 33.3 Å². The standard InChI is InChI=1S/C23H33N3O3/c1-17-3-8-23(29-17)15-25(2)11-18-4-9-22(10-5-18)28-16-21(27)14-26-12-19-6-7-20(13-26)24-19/h3-5,8-10,19-21,24,27H,6-7,11-16H2,1-2H3/t19-,20+,21?. The van der Waals surface area contributed by atoms with Gasteiger partial charge in [0, 0.05) is 38.3 Å². The Hall–Kier alpha value is -1.86. The first-order chi connectivity index (χ1) is 14.0. The summed E-state index contributed by atoms with van der Waals surface area (Å²) in [4.78, 5) is 4.59. The van der Waals surface area contributed by atoms with Crippen LogP contribution in [0.15, 0.2) is 40.8 Å². The van der Waals surface area contributed by atoms with E-state index in [4.69, 9.17) is 9.15 Å². The Kier molecular flexibility index (Phi) is 6.55. The van der Waals surface area contributed by atoms with Gasteiger partial charge in [0.05, 0.1) is 6.54 Å². The molecule has 3 heterocycles. The van der Waals surface area contributed by atoms with E-state index in [2.05, 4.69) is 34.3 Å². The monoisotopic (exact) mass is 399 g/mol. The molecule has 2 bridgehead atoms. The zero-order valence-corrected chi connectivity index (χ0v) is 17.5. The number of hydrogen-bond donors (Lipinski definition) is 2. The number of nitrogens with one attached hydrogen (secondary N) is 1. The van der Waals surface area contributed by atoms with E-state index in [0.29, 0.717) is 25.2 Å². The second-order valence-corrected chi connectivity index (χ2v) is 8.65. The van der Waals surface area contributed by atoms with Gasteiger partial charge >= 0.3 is 0 Å². The van der Waals surface area contributed by atoms with Crippen LogP contribution < -0.4 is 10.1 Å². The SMILES string of the molecule is Cc1ccc(CN(C)Cc2ccc(OCC(O)CN3C[C@H]4CC[C@@H](C3)N4)cc2)o1. The Morgan fingerprint density at radius 2 is 1.86 bits per heavy atom. The highest BCUT2D eigenvalue weighted by atomic mass is 16.5. The number of ether oxygens (including phenoxy) is 1. The zero-order valence-electron chi connectivity index (χ0n) is 17.5. The van der Waals surface area contributed by atoms with Crippen LogP contribution >= 0.6 is 0 Å². The third-order valence-electron chi connectivity index (χ3n) is 5.80. The number of aryl methyl sites for hydroxylation is 1. The number of aliphatic hydroxyl groups is 1. The number of benzene rings is 1. The molecule has 2 aromatic rings. The maximum Gasteiger partial charge on any atom is 0.119 e.